The molecule has 15 heavy (non-hydrogen) atoms. The van der Waals surface area contributed by atoms with Crippen molar-refractivity contribution in [2.75, 3.05) is 6.61 Å². The van der Waals surface area contributed by atoms with Crippen LogP contribution in [-0.2, 0) is 4.74 Å². The van der Waals surface area contributed by atoms with Gasteiger partial charge in [0.15, 0.2) is 0 Å². The van der Waals surface area contributed by atoms with Gasteiger partial charge in [-0.3, -0.25) is 0 Å². The molecule has 0 aliphatic carbocycles. The minimum absolute atomic E-state index is 0.0688. The highest BCUT2D eigenvalue weighted by molar-refractivity contribution is 9.09. The molecule has 1 aliphatic heterocycles. The van der Waals surface area contributed by atoms with E-state index in [1.807, 2.05) is 6.92 Å². The Morgan fingerprint density at radius 2 is 2.40 bits per heavy atom. The van der Waals surface area contributed by atoms with Gasteiger partial charge in [0.25, 0.3) is 0 Å². The number of rotatable bonds is 2. The van der Waals surface area contributed by atoms with Gasteiger partial charge in [0.2, 0.25) is 0 Å². The van der Waals surface area contributed by atoms with Gasteiger partial charge < -0.3 is 4.74 Å². The van der Waals surface area contributed by atoms with E-state index in [0.717, 1.165) is 29.3 Å². The SMILES string of the molecule is Cc1cc(C(Br)C2(C)CCCO2)sc1Cl. The fourth-order valence-corrected chi connectivity index (χ4v) is 4.02. The summed E-state index contributed by atoms with van der Waals surface area (Å²) < 4.78 is 6.71. The molecular formula is C11H14BrClOS. The summed E-state index contributed by atoms with van der Waals surface area (Å²) in [7, 11) is 0. The van der Waals surface area contributed by atoms with E-state index in [1.54, 1.807) is 11.3 Å². The lowest BCUT2D eigenvalue weighted by atomic mass is 9.97. The molecule has 1 aromatic heterocycles. The lowest BCUT2D eigenvalue weighted by Crippen LogP contribution is -2.27. The molecular weight excluding hydrogens is 296 g/mol. The van der Waals surface area contributed by atoms with Crippen molar-refractivity contribution in [3.8, 4) is 0 Å². The summed E-state index contributed by atoms with van der Waals surface area (Å²) >= 11 is 11.5. The predicted molar refractivity (Wildman–Crippen MR) is 69.3 cm³/mol. The van der Waals surface area contributed by atoms with Crippen LogP contribution < -0.4 is 0 Å². The topological polar surface area (TPSA) is 9.23 Å². The molecule has 1 aliphatic rings. The Bertz CT molecular complexity index is 338. The average Bonchev–Trinajstić information content (AvgIpc) is 2.75. The minimum Gasteiger partial charge on any atom is -0.374 e. The van der Waals surface area contributed by atoms with Gasteiger partial charge in [-0.15, -0.1) is 11.3 Å². The van der Waals surface area contributed by atoms with Crippen molar-refractivity contribution in [1.29, 1.82) is 0 Å². The molecule has 2 unspecified atom stereocenters. The molecule has 0 radical (unpaired) electrons. The van der Waals surface area contributed by atoms with Crippen LogP contribution in [0.25, 0.3) is 0 Å². The average molecular weight is 310 g/mol. The van der Waals surface area contributed by atoms with Crippen molar-refractivity contribution in [3.05, 3.63) is 20.8 Å². The number of thiophene rings is 1. The van der Waals surface area contributed by atoms with Crippen LogP contribution in [0.4, 0.5) is 0 Å². The summed E-state index contributed by atoms with van der Waals surface area (Å²) in [6.07, 6.45) is 2.26. The zero-order valence-electron chi connectivity index (χ0n) is 8.85. The molecule has 2 rings (SSSR count). The highest BCUT2D eigenvalue weighted by Gasteiger charge is 2.38. The summed E-state index contributed by atoms with van der Waals surface area (Å²) in [5.41, 5.74) is 1.09. The van der Waals surface area contributed by atoms with Gasteiger partial charge in [-0.2, -0.15) is 0 Å². The Kier molecular flexibility index (Phi) is 3.46. The van der Waals surface area contributed by atoms with Crippen LogP contribution in [-0.4, -0.2) is 12.2 Å². The van der Waals surface area contributed by atoms with Gasteiger partial charge in [-0.25, -0.2) is 0 Å². The fourth-order valence-electron chi connectivity index (χ4n) is 1.91. The van der Waals surface area contributed by atoms with E-state index in [4.69, 9.17) is 16.3 Å². The molecule has 2 heterocycles. The lowest BCUT2D eigenvalue weighted by molar-refractivity contribution is 0.0204. The maximum atomic E-state index is 6.08. The third kappa shape index (κ3) is 2.26. The summed E-state index contributed by atoms with van der Waals surface area (Å²) in [5.74, 6) is 0. The molecule has 0 spiro atoms. The first-order valence-electron chi connectivity index (χ1n) is 5.07. The number of halogens is 2. The van der Waals surface area contributed by atoms with Crippen LogP contribution >= 0.6 is 38.9 Å². The van der Waals surface area contributed by atoms with Gasteiger partial charge in [0.05, 0.1) is 14.8 Å². The summed E-state index contributed by atoms with van der Waals surface area (Å²) in [4.78, 5) is 1.52. The molecule has 0 amide bonds. The van der Waals surface area contributed by atoms with Crippen molar-refractivity contribution >= 4 is 38.9 Å². The number of alkyl halides is 1. The van der Waals surface area contributed by atoms with Crippen LogP contribution in [0.15, 0.2) is 6.07 Å². The molecule has 0 N–H and O–H groups in total. The van der Waals surface area contributed by atoms with E-state index in [1.165, 1.54) is 4.88 Å². The van der Waals surface area contributed by atoms with Crippen molar-refractivity contribution < 1.29 is 4.74 Å². The van der Waals surface area contributed by atoms with E-state index < -0.39 is 0 Å². The molecule has 1 saturated heterocycles. The lowest BCUT2D eigenvalue weighted by Gasteiger charge is -2.28. The molecule has 0 aromatic carbocycles. The van der Waals surface area contributed by atoms with Crippen LogP contribution in [0.1, 0.15) is 35.0 Å². The second kappa shape index (κ2) is 4.36. The number of ether oxygens (including phenoxy) is 1. The van der Waals surface area contributed by atoms with Crippen molar-refractivity contribution in [3.63, 3.8) is 0 Å². The molecule has 0 bridgehead atoms. The maximum Gasteiger partial charge on any atom is 0.0960 e. The first kappa shape index (κ1) is 11.9. The first-order chi connectivity index (χ1) is 7.03. The molecule has 2 atom stereocenters. The van der Waals surface area contributed by atoms with Crippen LogP contribution in [0.5, 0.6) is 0 Å². The number of aryl methyl sites for hydroxylation is 1. The molecule has 1 nitrogen and oxygen atoms in total. The molecule has 1 aromatic rings. The first-order valence-corrected chi connectivity index (χ1v) is 7.18. The van der Waals surface area contributed by atoms with Crippen LogP contribution in [0, 0.1) is 6.92 Å². The highest BCUT2D eigenvalue weighted by Crippen LogP contribution is 2.46. The zero-order chi connectivity index (χ0) is 11.1. The summed E-state index contributed by atoms with van der Waals surface area (Å²) in [6.45, 7) is 5.08. The van der Waals surface area contributed by atoms with E-state index in [0.29, 0.717) is 0 Å². The quantitative estimate of drug-likeness (QED) is 0.719. The Morgan fingerprint density at radius 3 is 2.87 bits per heavy atom. The second-order valence-electron chi connectivity index (χ2n) is 4.23. The van der Waals surface area contributed by atoms with Crippen LogP contribution in [0.2, 0.25) is 4.34 Å². The van der Waals surface area contributed by atoms with Gasteiger partial charge in [0, 0.05) is 11.5 Å². The van der Waals surface area contributed by atoms with Crippen molar-refractivity contribution in [2.24, 2.45) is 0 Å². The largest absolute Gasteiger partial charge is 0.374 e. The Hall–Kier alpha value is 0.430. The zero-order valence-corrected chi connectivity index (χ0v) is 12.0. The van der Waals surface area contributed by atoms with E-state index in [9.17, 15) is 0 Å². The number of hydrogen-bond donors (Lipinski definition) is 0. The smallest absolute Gasteiger partial charge is 0.0960 e. The standard InChI is InChI=1S/C11H14BrClOS/c1-7-6-8(15-10(7)13)9(12)11(2)4-3-5-14-11/h6,9H,3-5H2,1-2H3. The van der Waals surface area contributed by atoms with Gasteiger partial charge >= 0.3 is 0 Å². The maximum absolute atomic E-state index is 6.08. The van der Waals surface area contributed by atoms with Crippen molar-refractivity contribution in [2.45, 2.75) is 37.1 Å². The highest BCUT2D eigenvalue weighted by atomic mass is 79.9. The van der Waals surface area contributed by atoms with E-state index >= 15 is 0 Å². The number of hydrogen-bond acceptors (Lipinski definition) is 2. The second-order valence-corrected chi connectivity index (χ2v) is 6.83. The molecule has 4 heteroatoms. The van der Waals surface area contributed by atoms with Gasteiger partial charge in [-0.1, -0.05) is 27.5 Å². The van der Waals surface area contributed by atoms with Crippen LogP contribution in [0.3, 0.4) is 0 Å². The Labute approximate surface area is 108 Å². The minimum atomic E-state index is -0.0688. The molecule has 0 saturated carbocycles. The summed E-state index contributed by atoms with van der Waals surface area (Å²) in [6, 6.07) is 2.15. The van der Waals surface area contributed by atoms with E-state index in [2.05, 4.69) is 28.9 Å². The van der Waals surface area contributed by atoms with E-state index in [-0.39, 0.29) is 10.4 Å². The third-order valence-corrected chi connectivity index (χ3v) is 6.30. The molecule has 84 valence electrons. The normalized spacial score (nSPS) is 28.3. The Balaban J connectivity index is 2.23. The van der Waals surface area contributed by atoms with Crippen molar-refractivity contribution in [1.82, 2.24) is 0 Å². The monoisotopic (exact) mass is 308 g/mol. The predicted octanol–water partition coefficient (Wildman–Crippen LogP) is 4.72. The third-order valence-electron chi connectivity index (χ3n) is 2.91. The molecule has 1 fully saturated rings. The summed E-state index contributed by atoms with van der Waals surface area (Å²) in [5, 5.41) is 0. The van der Waals surface area contributed by atoms with Gasteiger partial charge in [-0.05, 0) is 38.3 Å². The Morgan fingerprint density at radius 1 is 1.67 bits per heavy atom. The van der Waals surface area contributed by atoms with Gasteiger partial charge in [0.1, 0.15) is 0 Å². The fraction of sp³-hybridized carbons (Fsp3) is 0.636.